The lowest BCUT2D eigenvalue weighted by molar-refractivity contribution is -0.147. The Labute approximate surface area is 153 Å². The van der Waals surface area contributed by atoms with Crippen LogP contribution in [-0.4, -0.2) is 38.7 Å². The molecule has 0 aliphatic carbocycles. The highest BCUT2D eigenvalue weighted by molar-refractivity contribution is 5.97. The number of anilines is 1. The Balaban J connectivity index is 0.00000196. The van der Waals surface area contributed by atoms with Crippen LogP contribution in [0.15, 0.2) is 18.2 Å². The summed E-state index contributed by atoms with van der Waals surface area (Å²) in [5.74, 6) is -1.02. The van der Waals surface area contributed by atoms with E-state index in [2.05, 4.69) is 15.5 Å². The third-order valence-corrected chi connectivity index (χ3v) is 4.62. The molecule has 0 radical (unpaired) electrons. The second-order valence-electron chi connectivity index (χ2n) is 6.18. The zero-order chi connectivity index (χ0) is 17.6. The van der Waals surface area contributed by atoms with E-state index in [9.17, 15) is 18.0 Å². The van der Waals surface area contributed by atoms with E-state index in [1.165, 1.54) is 4.90 Å². The molecule has 1 aromatic heterocycles. The molecule has 6 nitrogen and oxygen atoms in total. The molecule has 1 aromatic carbocycles. The smallest absolute Gasteiger partial charge is 0.385 e. The minimum atomic E-state index is -4.54. The van der Waals surface area contributed by atoms with Crippen LogP contribution in [0.1, 0.15) is 34.0 Å². The molecule has 1 N–H and O–H groups in total. The number of aromatic nitrogens is 3. The van der Waals surface area contributed by atoms with Crippen molar-refractivity contribution in [2.45, 2.75) is 32.1 Å². The van der Waals surface area contributed by atoms with Crippen molar-refractivity contribution in [1.29, 1.82) is 0 Å². The maximum atomic E-state index is 12.9. The predicted molar refractivity (Wildman–Crippen MR) is 90.3 cm³/mol. The van der Waals surface area contributed by atoms with Gasteiger partial charge < -0.3 is 14.8 Å². The number of nitrogens with zero attached hydrogens (tertiary/aromatic N) is 4. The summed E-state index contributed by atoms with van der Waals surface area (Å²) < 4.78 is 39.8. The van der Waals surface area contributed by atoms with Crippen LogP contribution in [0.3, 0.4) is 0 Å². The van der Waals surface area contributed by atoms with Gasteiger partial charge in [-0.15, -0.1) is 22.6 Å². The number of hydrogen-bond acceptors (Lipinski definition) is 4. The topological polar surface area (TPSA) is 63.1 Å². The van der Waals surface area contributed by atoms with Crippen molar-refractivity contribution in [3.8, 4) is 0 Å². The fourth-order valence-electron chi connectivity index (χ4n) is 3.42. The van der Waals surface area contributed by atoms with E-state index in [1.54, 1.807) is 6.07 Å². The van der Waals surface area contributed by atoms with E-state index in [4.69, 9.17) is 0 Å². The molecule has 0 bridgehead atoms. The lowest BCUT2D eigenvalue weighted by Crippen LogP contribution is -2.39. The number of benzene rings is 1. The van der Waals surface area contributed by atoms with Crippen LogP contribution < -0.4 is 5.32 Å². The maximum Gasteiger partial charge on any atom is 0.451 e. The summed E-state index contributed by atoms with van der Waals surface area (Å²) in [5.41, 5.74) is 2.53. The van der Waals surface area contributed by atoms with Crippen molar-refractivity contribution in [3.63, 3.8) is 0 Å². The summed E-state index contributed by atoms with van der Waals surface area (Å²) in [6.45, 7) is 1.14. The molecule has 0 saturated carbocycles. The summed E-state index contributed by atoms with van der Waals surface area (Å²) in [6, 6.07) is 5.53. The van der Waals surface area contributed by atoms with E-state index in [-0.39, 0.29) is 43.8 Å². The Morgan fingerprint density at radius 1 is 1.19 bits per heavy atom. The Morgan fingerprint density at radius 3 is 2.77 bits per heavy atom. The zero-order valence-corrected chi connectivity index (χ0v) is 14.5. The van der Waals surface area contributed by atoms with E-state index in [0.29, 0.717) is 5.56 Å². The SMILES string of the molecule is Cl.O=C(c1cccc2c1CCCN2)N1CCn2c(nnc2C(F)(F)F)C1. The molecule has 26 heavy (non-hydrogen) atoms. The highest BCUT2D eigenvalue weighted by Crippen LogP contribution is 2.30. The molecular formula is C16H17ClF3N5O. The molecule has 0 atom stereocenters. The van der Waals surface area contributed by atoms with Gasteiger partial charge in [0.1, 0.15) is 0 Å². The number of rotatable bonds is 1. The molecule has 2 aliphatic heterocycles. The highest BCUT2D eigenvalue weighted by Gasteiger charge is 2.40. The largest absolute Gasteiger partial charge is 0.451 e. The molecule has 0 spiro atoms. The van der Waals surface area contributed by atoms with Gasteiger partial charge in [-0.2, -0.15) is 13.2 Å². The fraction of sp³-hybridized carbons (Fsp3) is 0.438. The Hall–Kier alpha value is -2.29. The van der Waals surface area contributed by atoms with Gasteiger partial charge in [-0.1, -0.05) is 6.07 Å². The Kier molecular flexibility index (Phi) is 4.83. The summed E-state index contributed by atoms with van der Waals surface area (Å²) in [4.78, 5) is 14.4. The third kappa shape index (κ3) is 3.11. The lowest BCUT2D eigenvalue weighted by Gasteiger charge is -2.29. The molecule has 1 amide bonds. The van der Waals surface area contributed by atoms with Crippen LogP contribution in [0.4, 0.5) is 18.9 Å². The number of alkyl halides is 3. The molecule has 2 aromatic rings. The van der Waals surface area contributed by atoms with Gasteiger partial charge in [0.15, 0.2) is 5.82 Å². The second-order valence-corrected chi connectivity index (χ2v) is 6.18. The summed E-state index contributed by atoms with van der Waals surface area (Å²) in [6.07, 6.45) is -2.78. The number of carbonyl (C=O) groups excluding carboxylic acids is 1. The molecule has 2 aliphatic rings. The predicted octanol–water partition coefficient (Wildman–Crippen LogP) is 2.73. The average molecular weight is 388 g/mol. The number of halogens is 4. The second kappa shape index (κ2) is 6.79. The minimum absolute atomic E-state index is 0. The lowest BCUT2D eigenvalue weighted by atomic mass is 9.96. The van der Waals surface area contributed by atoms with Gasteiger partial charge in [-0.05, 0) is 30.5 Å². The van der Waals surface area contributed by atoms with Gasteiger partial charge in [-0.25, -0.2) is 0 Å². The number of carbonyl (C=O) groups is 1. The van der Waals surface area contributed by atoms with Crippen molar-refractivity contribution >= 4 is 24.0 Å². The summed E-state index contributed by atoms with van der Waals surface area (Å²) >= 11 is 0. The first kappa shape index (κ1) is 18.5. The maximum absolute atomic E-state index is 12.9. The molecule has 0 unspecified atom stereocenters. The van der Waals surface area contributed by atoms with Crippen LogP contribution >= 0.6 is 12.4 Å². The molecule has 4 rings (SSSR count). The van der Waals surface area contributed by atoms with Gasteiger partial charge in [0, 0.05) is 30.9 Å². The van der Waals surface area contributed by atoms with Crippen molar-refractivity contribution < 1.29 is 18.0 Å². The van der Waals surface area contributed by atoms with Gasteiger partial charge in [0.25, 0.3) is 5.91 Å². The Morgan fingerprint density at radius 2 is 2.00 bits per heavy atom. The zero-order valence-electron chi connectivity index (χ0n) is 13.7. The van der Waals surface area contributed by atoms with Crippen LogP contribution in [-0.2, 0) is 25.7 Å². The van der Waals surface area contributed by atoms with Gasteiger partial charge >= 0.3 is 6.18 Å². The fourth-order valence-corrected chi connectivity index (χ4v) is 3.42. The van der Waals surface area contributed by atoms with Gasteiger partial charge in [-0.3, -0.25) is 4.79 Å². The number of amides is 1. The van der Waals surface area contributed by atoms with Crippen LogP contribution in [0.5, 0.6) is 0 Å². The van der Waals surface area contributed by atoms with E-state index in [1.807, 2.05) is 12.1 Å². The average Bonchev–Trinajstić information content (AvgIpc) is 3.04. The van der Waals surface area contributed by atoms with Crippen molar-refractivity contribution in [1.82, 2.24) is 19.7 Å². The monoisotopic (exact) mass is 387 g/mol. The Bertz CT molecular complexity index is 836. The van der Waals surface area contributed by atoms with Crippen LogP contribution in [0, 0.1) is 0 Å². The molecular weight excluding hydrogens is 371 g/mol. The number of hydrogen-bond donors (Lipinski definition) is 1. The summed E-state index contributed by atoms with van der Waals surface area (Å²) in [7, 11) is 0. The molecule has 3 heterocycles. The summed E-state index contributed by atoms with van der Waals surface area (Å²) in [5, 5.41) is 10.1. The van der Waals surface area contributed by atoms with E-state index < -0.39 is 12.0 Å². The normalized spacial score (nSPS) is 16.2. The first-order valence-electron chi connectivity index (χ1n) is 8.09. The van der Waals surface area contributed by atoms with Crippen LogP contribution in [0.25, 0.3) is 0 Å². The molecule has 0 saturated heterocycles. The van der Waals surface area contributed by atoms with Crippen LogP contribution in [0.2, 0.25) is 0 Å². The molecule has 10 heteroatoms. The van der Waals surface area contributed by atoms with Crippen molar-refractivity contribution in [3.05, 3.63) is 41.0 Å². The van der Waals surface area contributed by atoms with Crippen molar-refractivity contribution in [2.24, 2.45) is 0 Å². The highest BCUT2D eigenvalue weighted by atomic mass is 35.5. The first-order chi connectivity index (χ1) is 11.9. The van der Waals surface area contributed by atoms with Crippen molar-refractivity contribution in [2.75, 3.05) is 18.4 Å². The number of fused-ring (bicyclic) bond motifs is 2. The van der Waals surface area contributed by atoms with E-state index in [0.717, 1.165) is 35.2 Å². The standard InChI is InChI=1S/C16H16F3N5O.ClH/c17-16(18,19)15-22-21-13-9-23(7-8-24(13)15)14(25)11-3-1-5-12-10(11)4-2-6-20-12;/h1,3,5,20H,2,4,6-9H2;1H. The third-order valence-electron chi connectivity index (χ3n) is 4.62. The number of nitrogens with one attached hydrogen (secondary N) is 1. The van der Waals surface area contributed by atoms with Gasteiger partial charge in [0.05, 0.1) is 6.54 Å². The minimum Gasteiger partial charge on any atom is -0.385 e. The van der Waals surface area contributed by atoms with E-state index >= 15 is 0 Å². The van der Waals surface area contributed by atoms with Gasteiger partial charge in [0.2, 0.25) is 5.82 Å². The molecule has 0 fully saturated rings. The molecule has 140 valence electrons. The first-order valence-corrected chi connectivity index (χ1v) is 8.09. The quantitative estimate of drug-likeness (QED) is 0.817.